The van der Waals surface area contributed by atoms with E-state index in [1.807, 2.05) is 36.4 Å². The highest BCUT2D eigenvalue weighted by Gasteiger charge is 2.55. The van der Waals surface area contributed by atoms with E-state index in [9.17, 15) is 0 Å². The molecule has 4 aromatic carbocycles. The zero-order valence-electron chi connectivity index (χ0n) is 27.1. The minimum absolute atomic E-state index is 0.0938. The second-order valence-corrected chi connectivity index (χ2v) is 12.8. The molecule has 0 saturated heterocycles. The molecule has 4 aromatic rings. The third-order valence-electron chi connectivity index (χ3n) is 9.99. The molecule has 0 N–H and O–H groups in total. The topological polar surface area (TPSA) is 80.1 Å². The molecule has 4 aliphatic rings. The van der Waals surface area contributed by atoms with Crippen molar-refractivity contribution in [2.45, 2.75) is 50.0 Å². The van der Waals surface area contributed by atoms with E-state index in [-0.39, 0.29) is 24.3 Å². The highest BCUT2D eigenvalue weighted by atomic mass is 16.5. The van der Waals surface area contributed by atoms with Gasteiger partial charge in [0.05, 0.1) is 28.4 Å². The molecule has 4 atom stereocenters. The SMILES string of the molecule is COc1cc(CC(Cc2cc(OC)cc(OC)c2)(C2=NC3c4ccccc4CC3O2)C2=NC3c4ccccc4CC3O2)cc(OC)c1. The Bertz CT molecular complexity index is 1720. The summed E-state index contributed by atoms with van der Waals surface area (Å²) in [6.07, 6.45) is 2.39. The smallest absolute Gasteiger partial charge is 0.201 e. The summed E-state index contributed by atoms with van der Waals surface area (Å²) in [5.74, 6) is 4.09. The van der Waals surface area contributed by atoms with Crippen LogP contribution in [0.15, 0.2) is 94.9 Å². The van der Waals surface area contributed by atoms with Gasteiger partial charge in [0.2, 0.25) is 11.8 Å². The van der Waals surface area contributed by atoms with E-state index in [1.165, 1.54) is 22.3 Å². The zero-order chi connectivity index (χ0) is 32.1. The van der Waals surface area contributed by atoms with Crippen molar-refractivity contribution < 1.29 is 28.4 Å². The molecular weight excluding hydrogens is 592 g/mol. The maximum atomic E-state index is 6.97. The van der Waals surface area contributed by atoms with Crippen LogP contribution in [0, 0.1) is 5.41 Å². The van der Waals surface area contributed by atoms with Gasteiger partial charge in [-0.15, -0.1) is 0 Å². The fourth-order valence-corrected chi connectivity index (χ4v) is 7.76. The number of ether oxygens (including phenoxy) is 6. The van der Waals surface area contributed by atoms with Crippen LogP contribution in [0.1, 0.15) is 45.5 Å². The van der Waals surface area contributed by atoms with E-state index < -0.39 is 5.41 Å². The summed E-state index contributed by atoms with van der Waals surface area (Å²) in [5, 5.41) is 0. The summed E-state index contributed by atoms with van der Waals surface area (Å²) in [5.41, 5.74) is 6.08. The lowest BCUT2D eigenvalue weighted by atomic mass is 9.75. The van der Waals surface area contributed by atoms with Gasteiger partial charge < -0.3 is 28.4 Å². The van der Waals surface area contributed by atoms with Crippen molar-refractivity contribution in [1.29, 1.82) is 0 Å². The maximum Gasteiger partial charge on any atom is 0.201 e. The van der Waals surface area contributed by atoms with Crippen LogP contribution in [0.2, 0.25) is 0 Å². The number of hydrogen-bond donors (Lipinski definition) is 0. The summed E-state index contributed by atoms with van der Waals surface area (Å²) in [4.78, 5) is 10.8. The lowest BCUT2D eigenvalue weighted by molar-refractivity contribution is 0.162. The van der Waals surface area contributed by atoms with Crippen molar-refractivity contribution in [2.75, 3.05) is 28.4 Å². The van der Waals surface area contributed by atoms with Crippen molar-refractivity contribution in [3.63, 3.8) is 0 Å². The highest BCUT2D eigenvalue weighted by Crippen LogP contribution is 2.49. The largest absolute Gasteiger partial charge is 0.497 e. The van der Waals surface area contributed by atoms with Gasteiger partial charge in [-0.2, -0.15) is 0 Å². The van der Waals surface area contributed by atoms with Gasteiger partial charge in [-0.1, -0.05) is 48.5 Å². The molecule has 0 amide bonds. The second-order valence-electron chi connectivity index (χ2n) is 12.8. The Morgan fingerprint density at radius 2 is 0.957 bits per heavy atom. The first kappa shape index (κ1) is 29.4. The van der Waals surface area contributed by atoms with E-state index in [1.54, 1.807) is 28.4 Å². The van der Waals surface area contributed by atoms with Gasteiger partial charge in [-0.05, 0) is 70.5 Å². The van der Waals surface area contributed by atoms with Crippen LogP contribution in [0.3, 0.4) is 0 Å². The van der Waals surface area contributed by atoms with Gasteiger partial charge >= 0.3 is 0 Å². The Morgan fingerprint density at radius 1 is 0.574 bits per heavy atom. The molecule has 8 heteroatoms. The molecular formula is C39H38N2O6. The predicted molar refractivity (Wildman–Crippen MR) is 179 cm³/mol. The average Bonchev–Trinajstić information content (AvgIpc) is 3.87. The van der Waals surface area contributed by atoms with Crippen LogP contribution in [-0.2, 0) is 35.2 Å². The third kappa shape index (κ3) is 5.07. The van der Waals surface area contributed by atoms with Crippen LogP contribution in [0.25, 0.3) is 0 Å². The van der Waals surface area contributed by atoms with E-state index >= 15 is 0 Å². The fourth-order valence-electron chi connectivity index (χ4n) is 7.76. The Labute approximate surface area is 275 Å². The minimum atomic E-state index is -0.896. The van der Waals surface area contributed by atoms with E-state index in [0.717, 1.165) is 24.0 Å². The van der Waals surface area contributed by atoms with E-state index in [0.29, 0.717) is 47.6 Å². The molecule has 47 heavy (non-hydrogen) atoms. The van der Waals surface area contributed by atoms with Crippen LogP contribution < -0.4 is 18.9 Å². The van der Waals surface area contributed by atoms with Gasteiger partial charge in [0.1, 0.15) is 52.7 Å². The predicted octanol–water partition coefficient (Wildman–Crippen LogP) is 6.68. The molecule has 0 aromatic heterocycles. The maximum absolute atomic E-state index is 6.97. The van der Waals surface area contributed by atoms with Gasteiger partial charge in [-0.25, -0.2) is 9.98 Å². The summed E-state index contributed by atoms with van der Waals surface area (Å²) < 4.78 is 36.8. The third-order valence-corrected chi connectivity index (χ3v) is 9.99. The first-order chi connectivity index (χ1) is 23.0. The van der Waals surface area contributed by atoms with Crippen molar-refractivity contribution in [1.82, 2.24) is 0 Å². The normalized spacial score (nSPS) is 21.8. The fraction of sp³-hybridized carbons (Fsp3) is 0.333. The molecule has 4 unspecified atom stereocenters. The molecule has 2 aliphatic carbocycles. The van der Waals surface area contributed by atoms with E-state index in [2.05, 4.69) is 48.5 Å². The molecule has 2 aliphatic heterocycles. The summed E-state index contributed by atoms with van der Waals surface area (Å²) in [6, 6.07) is 28.8. The summed E-state index contributed by atoms with van der Waals surface area (Å²) in [7, 11) is 6.67. The number of benzene rings is 4. The van der Waals surface area contributed by atoms with Crippen LogP contribution in [0.5, 0.6) is 23.0 Å². The molecule has 0 bridgehead atoms. The van der Waals surface area contributed by atoms with Crippen molar-refractivity contribution in [3.05, 3.63) is 118 Å². The van der Waals surface area contributed by atoms with Crippen LogP contribution >= 0.6 is 0 Å². The van der Waals surface area contributed by atoms with E-state index in [4.69, 9.17) is 38.4 Å². The molecule has 8 nitrogen and oxygen atoms in total. The van der Waals surface area contributed by atoms with Crippen LogP contribution in [-0.4, -0.2) is 52.4 Å². The Balaban J connectivity index is 1.32. The Hall–Kier alpha value is -4.98. The first-order valence-corrected chi connectivity index (χ1v) is 16.1. The first-order valence-electron chi connectivity index (χ1n) is 16.1. The molecule has 2 heterocycles. The van der Waals surface area contributed by atoms with Gasteiger partial charge in [0, 0.05) is 25.0 Å². The second kappa shape index (κ2) is 11.7. The van der Waals surface area contributed by atoms with Gasteiger partial charge in [0.25, 0.3) is 0 Å². The molecule has 0 radical (unpaired) electrons. The average molecular weight is 631 g/mol. The van der Waals surface area contributed by atoms with Crippen molar-refractivity contribution >= 4 is 11.8 Å². The highest BCUT2D eigenvalue weighted by molar-refractivity contribution is 6.07. The monoisotopic (exact) mass is 630 g/mol. The van der Waals surface area contributed by atoms with Crippen molar-refractivity contribution in [2.24, 2.45) is 15.4 Å². The minimum Gasteiger partial charge on any atom is -0.497 e. The standard InChI is InChI=1S/C39H38N2O6/c1-42-27-13-23(14-28(19-27)43-2)21-39(22-24-15-29(44-3)20-30(16-24)45-4,37-40-35-31-11-7-5-9-25(31)17-33(35)46-37)38-41-36-32-12-8-6-10-26(32)18-34(36)47-38/h5-16,19-20,33-36H,17-18,21-22H2,1-4H3. The number of nitrogens with zero attached hydrogens (tertiary/aromatic N) is 2. The molecule has 8 rings (SSSR count). The molecule has 0 saturated carbocycles. The number of rotatable bonds is 10. The van der Waals surface area contributed by atoms with Crippen molar-refractivity contribution in [3.8, 4) is 23.0 Å². The number of fused-ring (bicyclic) bond motifs is 6. The number of methoxy groups -OCH3 is 4. The summed E-state index contributed by atoms with van der Waals surface area (Å²) >= 11 is 0. The molecule has 0 spiro atoms. The lowest BCUT2D eigenvalue weighted by Crippen LogP contribution is -2.45. The number of aliphatic imine (C=N–C) groups is 2. The molecule has 0 fully saturated rings. The molecule has 240 valence electrons. The summed E-state index contributed by atoms with van der Waals surface area (Å²) in [6.45, 7) is 0. The van der Waals surface area contributed by atoms with Gasteiger partial charge in [0.15, 0.2) is 0 Å². The quantitative estimate of drug-likeness (QED) is 0.195. The Morgan fingerprint density at radius 3 is 1.34 bits per heavy atom. The Kier molecular flexibility index (Phi) is 7.31. The lowest BCUT2D eigenvalue weighted by Gasteiger charge is -2.34. The number of hydrogen-bond acceptors (Lipinski definition) is 8. The van der Waals surface area contributed by atoms with Crippen LogP contribution in [0.4, 0.5) is 0 Å². The zero-order valence-corrected chi connectivity index (χ0v) is 27.1. The van der Waals surface area contributed by atoms with Gasteiger partial charge in [-0.3, -0.25) is 0 Å².